The Morgan fingerprint density at radius 3 is 2.75 bits per heavy atom. The molecule has 0 amide bonds. The van der Waals surface area contributed by atoms with Crippen LogP contribution in [-0.2, 0) is 0 Å². The van der Waals surface area contributed by atoms with Gasteiger partial charge in [0, 0.05) is 10.3 Å². The molecule has 0 aromatic heterocycles. The van der Waals surface area contributed by atoms with Crippen molar-refractivity contribution in [2.45, 2.75) is 13.8 Å². The molecule has 0 fully saturated rings. The second-order valence-electron chi connectivity index (χ2n) is 3.54. The van der Waals surface area contributed by atoms with Crippen molar-refractivity contribution in [2.24, 2.45) is 5.41 Å². The summed E-state index contributed by atoms with van der Waals surface area (Å²) in [5.74, 6) is 0. The monoisotopic (exact) mass is 178 g/mol. The number of hydrogen-bond donors (Lipinski definition) is 1. The highest BCUT2D eigenvalue weighted by atomic mass is 32.1. The van der Waals surface area contributed by atoms with Gasteiger partial charge in [0.2, 0.25) is 0 Å². The fourth-order valence-corrected chi connectivity index (χ4v) is 1.41. The van der Waals surface area contributed by atoms with E-state index in [-0.39, 0.29) is 5.41 Å². The van der Waals surface area contributed by atoms with Gasteiger partial charge >= 0.3 is 0 Å². The van der Waals surface area contributed by atoms with Gasteiger partial charge in [-0.25, -0.2) is 0 Å². The summed E-state index contributed by atoms with van der Waals surface area (Å²) >= 11 is 4.35. The zero-order valence-electron chi connectivity index (χ0n) is 7.54. The Morgan fingerprint density at radius 2 is 2.17 bits per heavy atom. The van der Waals surface area contributed by atoms with E-state index in [0.29, 0.717) is 0 Å². The van der Waals surface area contributed by atoms with Crippen molar-refractivity contribution in [3.63, 3.8) is 0 Å². The second-order valence-corrected chi connectivity index (χ2v) is 4.02. The quantitative estimate of drug-likeness (QED) is 0.584. The maximum absolute atomic E-state index is 4.35. The van der Waals surface area contributed by atoms with Crippen molar-refractivity contribution in [1.29, 1.82) is 0 Å². The minimum Gasteiger partial charge on any atom is -0.143 e. The third kappa shape index (κ3) is 2.15. The molecule has 1 heteroatoms. The summed E-state index contributed by atoms with van der Waals surface area (Å²) in [6, 6.07) is 0. The van der Waals surface area contributed by atoms with Crippen molar-refractivity contribution >= 4 is 12.6 Å². The Morgan fingerprint density at radius 1 is 1.50 bits per heavy atom. The van der Waals surface area contributed by atoms with E-state index in [1.807, 2.05) is 18.2 Å². The third-order valence-electron chi connectivity index (χ3n) is 1.82. The first-order chi connectivity index (χ1) is 5.55. The summed E-state index contributed by atoms with van der Waals surface area (Å²) in [6.07, 6.45) is 10.2. The summed E-state index contributed by atoms with van der Waals surface area (Å²) in [4.78, 5) is 0.979. The van der Waals surface area contributed by atoms with Crippen LogP contribution >= 0.6 is 12.6 Å². The zero-order valence-corrected chi connectivity index (χ0v) is 8.44. The molecular weight excluding hydrogens is 164 g/mol. The molecule has 0 spiro atoms. The third-order valence-corrected chi connectivity index (χ3v) is 2.23. The van der Waals surface area contributed by atoms with Crippen molar-refractivity contribution < 1.29 is 0 Å². The minimum absolute atomic E-state index is 0.102. The average Bonchev–Trinajstić information content (AvgIpc) is 2.10. The molecule has 0 atom stereocenters. The smallest absolute Gasteiger partial charge is 0.0109 e. The fraction of sp³-hybridized carbons (Fsp3) is 0.273. The lowest BCUT2D eigenvalue weighted by atomic mass is 9.91. The molecule has 0 bridgehead atoms. The van der Waals surface area contributed by atoms with Gasteiger partial charge in [0.05, 0.1) is 0 Å². The van der Waals surface area contributed by atoms with E-state index in [4.69, 9.17) is 0 Å². The number of thiol groups is 1. The molecule has 0 aliphatic heterocycles. The maximum atomic E-state index is 4.35. The van der Waals surface area contributed by atoms with Crippen LogP contribution in [0.2, 0.25) is 0 Å². The second kappa shape index (κ2) is 3.36. The highest BCUT2D eigenvalue weighted by Gasteiger charge is 2.13. The van der Waals surface area contributed by atoms with Gasteiger partial charge in [-0.1, -0.05) is 44.7 Å². The van der Waals surface area contributed by atoms with Crippen LogP contribution in [0.4, 0.5) is 0 Å². The van der Waals surface area contributed by atoms with Crippen LogP contribution in [0.25, 0.3) is 0 Å². The Hall–Kier alpha value is -0.690. The van der Waals surface area contributed by atoms with Crippen LogP contribution in [0.15, 0.2) is 47.4 Å². The van der Waals surface area contributed by atoms with Crippen LogP contribution in [0.1, 0.15) is 13.8 Å². The van der Waals surface area contributed by atoms with Crippen molar-refractivity contribution in [3.8, 4) is 0 Å². The molecule has 0 saturated heterocycles. The van der Waals surface area contributed by atoms with E-state index >= 15 is 0 Å². The predicted molar refractivity (Wildman–Crippen MR) is 58.3 cm³/mol. The highest BCUT2D eigenvalue weighted by molar-refractivity contribution is 7.84. The molecule has 12 heavy (non-hydrogen) atoms. The Balaban J connectivity index is 3.11. The Kier molecular flexibility index (Phi) is 2.63. The van der Waals surface area contributed by atoms with Crippen molar-refractivity contribution in [2.75, 3.05) is 0 Å². The Bertz CT molecular complexity index is 277. The standard InChI is InChI=1S/C11H14S/c1-4-9-8-11(2,3)7-5-6-10(9)12/h4-8,12H,1H2,2-3H3. The molecule has 0 aromatic rings. The van der Waals surface area contributed by atoms with E-state index in [0.717, 1.165) is 10.5 Å². The molecule has 64 valence electrons. The van der Waals surface area contributed by atoms with Gasteiger partial charge in [-0.05, 0) is 11.6 Å². The largest absolute Gasteiger partial charge is 0.143 e. The van der Waals surface area contributed by atoms with Crippen molar-refractivity contribution in [1.82, 2.24) is 0 Å². The van der Waals surface area contributed by atoms with Gasteiger partial charge in [-0.2, -0.15) is 0 Å². The number of hydrogen-bond acceptors (Lipinski definition) is 1. The van der Waals surface area contributed by atoms with Gasteiger partial charge in [0.25, 0.3) is 0 Å². The van der Waals surface area contributed by atoms with Gasteiger partial charge in [0.1, 0.15) is 0 Å². The zero-order chi connectivity index (χ0) is 9.19. The number of allylic oxidation sites excluding steroid dienone is 6. The normalized spacial score (nSPS) is 20.9. The SMILES string of the molecule is C=CC1=CC(C)(C)C=CC=C1S. The highest BCUT2D eigenvalue weighted by Crippen LogP contribution is 2.28. The Labute approximate surface area is 79.8 Å². The van der Waals surface area contributed by atoms with Crippen LogP contribution in [0.5, 0.6) is 0 Å². The van der Waals surface area contributed by atoms with Gasteiger partial charge in [-0.3, -0.25) is 0 Å². The summed E-state index contributed by atoms with van der Waals surface area (Å²) in [6.45, 7) is 8.08. The minimum atomic E-state index is 0.102. The maximum Gasteiger partial charge on any atom is 0.0109 e. The van der Waals surface area contributed by atoms with E-state index < -0.39 is 0 Å². The van der Waals surface area contributed by atoms with Crippen molar-refractivity contribution in [3.05, 3.63) is 47.4 Å². The van der Waals surface area contributed by atoms with E-state index in [1.54, 1.807) is 0 Å². The first-order valence-corrected chi connectivity index (χ1v) is 4.44. The fourth-order valence-electron chi connectivity index (χ4n) is 1.17. The number of rotatable bonds is 1. The molecule has 0 N–H and O–H groups in total. The molecule has 0 unspecified atom stereocenters. The molecule has 0 radical (unpaired) electrons. The van der Waals surface area contributed by atoms with Gasteiger partial charge in [0.15, 0.2) is 0 Å². The van der Waals surface area contributed by atoms with E-state index in [9.17, 15) is 0 Å². The summed E-state index contributed by atoms with van der Waals surface area (Å²) in [5, 5.41) is 0. The molecule has 0 nitrogen and oxygen atoms in total. The van der Waals surface area contributed by atoms with Crippen LogP contribution in [-0.4, -0.2) is 0 Å². The first kappa shape index (κ1) is 9.40. The van der Waals surface area contributed by atoms with Crippen LogP contribution < -0.4 is 0 Å². The van der Waals surface area contributed by atoms with E-state index in [2.05, 4.69) is 45.2 Å². The van der Waals surface area contributed by atoms with Crippen LogP contribution in [0, 0.1) is 5.41 Å². The predicted octanol–water partition coefficient (Wildman–Crippen LogP) is 3.51. The lowest BCUT2D eigenvalue weighted by Crippen LogP contribution is -2.02. The van der Waals surface area contributed by atoms with Gasteiger partial charge < -0.3 is 0 Å². The lowest BCUT2D eigenvalue weighted by Gasteiger charge is -2.14. The first-order valence-electron chi connectivity index (χ1n) is 3.99. The summed E-state index contributed by atoms with van der Waals surface area (Å²) in [5.41, 5.74) is 1.21. The van der Waals surface area contributed by atoms with E-state index in [1.165, 1.54) is 0 Å². The summed E-state index contributed by atoms with van der Waals surface area (Å²) in [7, 11) is 0. The molecule has 1 aliphatic carbocycles. The molecule has 0 aromatic carbocycles. The van der Waals surface area contributed by atoms with Crippen LogP contribution in [0.3, 0.4) is 0 Å². The molecular formula is C11H14S. The van der Waals surface area contributed by atoms with Gasteiger partial charge in [-0.15, -0.1) is 12.6 Å². The molecule has 0 saturated carbocycles. The lowest BCUT2D eigenvalue weighted by molar-refractivity contribution is 0.625. The average molecular weight is 178 g/mol. The molecule has 1 rings (SSSR count). The summed E-state index contributed by atoms with van der Waals surface area (Å²) < 4.78 is 0. The molecule has 0 heterocycles. The molecule has 1 aliphatic rings. The topological polar surface area (TPSA) is 0 Å².